The molecule has 2 N–H and O–H groups in total. The van der Waals surface area contributed by atoms with Gasteiger partial charge in [-0.2, -0.15) is 4.98 Å². The van der Waals surface area contributed by atoms with Gasteiger partial charge in [0.25, 0.3) is 0 Å². The van der Waals surface area contributed by atoms with Crippen LogP contribution < -0.4 is 5.73 Å². The highest BCUT2D eigenvalue weighted by atomic mass is 16.3. The first-order valence-electron chi connectivity index (χ1n) is 6.50. The van der Waals surface area contributed by atoms with Crippen LogP contribution in [-0.4, -0.2) is 41.0 Å². The minimum Gasteiger partial charge on any atom is -0.439 e. The number of hydrogen-bond donors (Lipinski definition) is 1. The van der Waals surface area contributed by atoms with Crippen LogP contribution in [0.4, 0.5) is 0 Å². The predicted octanol–water partition coefficient (Wildman–Crippen LogP) is 1.36. The summed E-state index contributed by atoms with van der Waals surface area (Å²) >= 11 is 0. The van der Waals surface area contributed by atoms with Crippen molar-refractivity contribution in [3.63, 3.8) is 0 Å². The number of pyridine rings is 1. The summed E-state index contributed by atoms with van der Waals surface area (Å²) < 4.78 is 5.79. The first kappa shape index (κ1) is 11.6. The van der Waals surface area contributed by atoms with Crippen LogP contribution in [0.15, 0.2) is 22.7 Å². The fourth-order valence-electron chi connectivity index (χ4n) is 2.55. The average Bonchev–Trinajstić information content (AvgIpc) is 2.84. The second-order valence-corrected chi connectivity index (χ2v) is 4.78. The largest absolute Gasteiger partial charge is 0.439 e. The number of oxazole rings is 1. The summed E-state index contributed by atoms with van der Waals surface area (Å²) in [6, 6.07) is 3.80. The Balaban J connectivity index is 1.72. The summed E-state index contributed by atoms with van der Waals surface area (Å²) in [5.41, 5.74) is 7.08. The van der Waals surface area contributed by atoms with Crippen molar-refractivity contribution in [3.8, 4) is 0 Å². The van der Waals surface area contributed by atoms with Crippen molar-refractivity contribution in [2.75, 3.05) is 26.2 Å². The highest BCUT2D eigenvalue weighted by Crippen LogP contribution is 2.29. The lowest BCUT2D eigenvalue weighted by atomic mass is 9.97. The SMILES string of the molecule is NCCN1CCC(c2nc3ncccc3o2)CC1. The molecule has 2 aromatic heterocycles. The van der Waals surface area contributed by atoms with Gasteiger partial charge in [0.15, 0.2) is 17.1 Å². The van der Waals surface area contributed by atoms with Crippen LogP contribution >= 0.6 is 0 Å². The van der Waals surface area contributed by atoms with E-state index in [1.165, 1.54) is 0 Å². The van der Waals surface area contributed by atoms with E-state index in [-0.39, 0.29) is 0 Å². The van der Waals surface area contributed by atoms with Crippen LogP contribution in [0.5, 0.6) is 0 Å². The Kier molecular flexibility index (Phi) is 3.25. The summed E-state index contributed by atoms with van der Waals surface area (Å²) in [4.78, 5) is 11.1. The number of nitrogens with zero attached hydrogens (tertiary/aromatic N) is 3. The summed E-state index contributed by atoms with van der Waals surface area (Å²) in [6.45, 7) is 3.88. The maximum atomic E-state index is 5.79. The van der Waals surface area contributed by atoms with Gasteiger partial charge in [0.1, 0.15) is 0 Å². The predicted molar refractivity (Wildman–Crippen MR) is 69.3 cm³/mol. The maximum Gasteiger partial charge on any atom is 0.200 e. The molecule has 1 saturated heterocycles. The van der Waals surface area contributed by atoms with E-state index in [9.17, 15) is 0 Å². The number of aromatic nitrogens is 2. The molecule has 0 saturated carbocycles. The van der Waals surface area contributed by atoms with Crippen LogP contribution in [0.25, 0.3) is 11.2 Å². The van der Waals surface area contributed by atoms with Crippen LogP contribution in [0.2, 0.25) is 0 Å². The highest BCUT2D eigenvalue weighted by molar-refractivity contribution is 5.66. The number of fused-ring (bicyclic) bond motifs is 1. The molecule has 0 aromatic carbocycles. The molecule has 18 heavy (non-hydrogen) atoms. The van der Waals surface area contributed by atoms with Crippen LogP contribution in [0, 0.1) is 0 Å². The lowest BCUT2D eigenvalue weighted by Crippen LogP contribution is -2.36. The van der Waals surface area contributed by atoms with Crippen molar-refractivity contribution in [1.82, 2.24) is 14.9 Å². The quantitative estimate of drug-likeness (QED) is 0.885. The smallest absolute Gasteiger partial charge is 0.200 e. The molecule has 5 heteroatoms. The second kappa shape index (κ2) is 5.04. The fourth-order valence-corrected chi connectivity index (χ4v) is 2.55. The van der Waals surface area contributed by atoms with Gasteiger partial charge in [-0.3, -0.25) is 0 Å². The molecule has 0 unspecified atom stereocenters. The maximum absolute atomic E-state index is 5.79. The van der Waals surface area contributed by atoms with Gasteiger partial charge in [-0.25, -0.2) is 4.98 Å². The van der Waals surface area contributed by atoms with Gasteiger partial charge in [0.2, 0.25) is 0 Å². The van der Waals surface area contributed by atoms with E-state index >= 15 is 0 Å². The average molecular weight is 246 g/mol. The third-order valence-electron chi connectivity index (χ3n) is 3.56. The molecule has 5 nitrogen and oxygen atoms in total. The minimum absolute atomic E-state index is 0.424. The summed E-state index contributed by atoms with van der Waals surface area (Å²) in [7, 11) is 0. The van der Waals surface area contributed by atoms with Crippen molar-refractivity contribution in [3.05, 3.63) is 24.2 Å². The molecule has 0 spiro atoms. The van der Waals surface area contributed by atoms with E-state index in [4.69, 9.17) is 10.2 Å². The zero-order chi connectivity index (χ0) is 12.4. The normalized spacial score (nSPS) is 18.5. The monoisotopic (exact) mass is 246 g/mol. The Morgan fingerprint density at radius 1 is 1.39 bits per heavy atom. The number of nitrogens with two attached hydrogens (primary N) is 1. The third kappa shape index (κ3) is 2.23. The molecule has 1 aliphatic heterocycles. The molecule has 2 aromatic rings. The Morgan fingerprint density at radius 3 is 2.94 bits per heavy atom. The Bertz CT molecular complexity index is 483. The Labute approximate surface area is 106 Å². The molecule has 1 fully saturated rings. The molecule has 96 valence electrons. The van der Waals surface area contributed by atoms with Crippen molar-refractivity contribution in [2.24, 2.45) is 5.73 Å². The number of rotatable bonds is 3. The Morgan fingerprint density at radius 2 is 2.22 bits per heavy atom. The standard InChI is InChI=1S/C13H18N4O/c14-5-9-17-7-3-10(4-8-17)13-16-12-11(18-13)2-1-6-15-12/h1-2,6,10H,3-5,7-9,14H2. The summed E-state index contributed by atoms with van der Waals surface area (Å²) in [5.74, 6) is 1.27. The molecule has 0 bridgehead atoms. The first-order chi connectivity index (χ1) is 8.86. The number of hydrogen-bond acceptors (Lipinski definition) is 5. The van der Waals surface area contributed by atoms with Gasteiger partial charge >= 0.3 is 0 Å². The van der Waals surface area contributed by atoms with Gasteiger partial charge in [0.05, 0.1) is 0 Å². The van der Waals surface area contributed by atoms with Gasteiger partial charge in [-0.1, -0.05) is 0 Å². The van der Waals surface area contributed by atoms with Gasteiger partial charge in [-0.05, 0) is 38.1 Å². The van der Waals surface area contributed by atoms with E-state index in [0.717, 1.165) is 56.1 Å². The molecule has 3 heterocycles. The summed E-state index contributed by atoms with van der Waals surface area (Å²) in [5, 5.41) is 0. The number of likely N-dealkylation sites (tertiary alicyclic amines) is 1. The third-order valence-corrected chi connectivity index (χ3v) is 3.56. The molecule has 1 aliphatic rings. The Hall–Kier alpha value is -1.46. The van der Waals surface area contributed by atoms with Crippen molar-refractivity contribution in [1.29, 1.82) is 0 Å². The summed E-state index contributed by atoms with van der Waals surface area (Å²) in [6.07, 6.45) is 3.93. The van der Waals surface area contributed by atoms with Crippen LogP contribution in [0.1, 0.15) is 24.7 Å². The second-order valence-electron chi connectivity index (χ2n) is 4.78. The molecule has 0 aliphatic carbocycles. The molecule has 0 amide bonds. The van der Waals surface area contributed by atoms with E-state index < -0.39 is 0 Å². The van der Waals surface area contributed by atoms with Crippen molar-refractivity contribution < 1.29 is 4.42 Å². The zero-order valence-corrected chi connectivity index (χ0v) is 10.4. The van der Waals surface area contributed by atoms with Crippen molar-refractivity contribution in [2.45, 2.75) is 18.8 Å². The molecule has 3 rings (SSSR count). The zero-order valence-electron chi connectivity index (χ0n) is 10.4. The van der Waals surface area contributed by atoms with E-state index in [1.807, 2.05) is 12.1 Å². The van der Waals surface area contributed by atoms with E-state index in [0.29, 0.717) is 5.92 Å². The highest BCUT2D eigenvalue weighted by Gasteiger charge is 2.24. The van der Waals surface area contributed by atoms with E-state index in [2.05, 4.69) is 14.9 Å². The van der Waals surface area contributed by atoms with Gasteiger partial charge < -0.3 is 15.1 Å². The number of piperidine rings is 1. The molecular weight excluding hydrogens is 228 g/mol. The topological polar surface area (TPSA) is 68.2 Å². The lowest BCUT2D eigenvalue weighted by Gasteiger charge is -2.29. The lowest BCUT2D eigenvalue weighted by molar-refractivity contribution is 0.206. The van der Waals surface area contributed by atoms with Gasteiger partial charge in [-0.15, -0.1) is 0 Å². The van der Waals surface area contributed by atoms with Crippen molar-refractivity contribution >= 4 is 11.2 Å². The first-order valence-corrected chi connectivity index (χ1v) is 6.50. The fraction of sp³-hybridized carbons (Fsp3) is 0.538. The molecule has 0 atom stereocenters. The van der Waals surface area contributed by atoms with Crippen LogP contribution in [0.3, 0.4) is 0 Å². The minimum atomic E-state index is 0.424. The molecule has 0 radical (unpaired) electrons. The van der Waals surface area contributed by atoms with E-state index in [1.54, 1.807) is 6.20 Å². The molecular formula is C13H18N4O. The van der Waals surface area contributed by atoms with Gasteiger partial charge in [0, 0.05) is 25.2 Å². The van der Waals surface area contributed by atoms with Crippen LogP contribution in [-0.2, 0) is 0 Å².